The number of sulfonamides is 1. The number of esters is 1. The van der Waals surface area contributed by atoms with Gasteiger partial charge in [-0.15, -0.1) is 0 Å². The average molecular weight is 402 g/mol. The Bertz CT molecular complexity index is 1090. The molecule has 0 radical (unpaired) electrons. The first kappa shape index (κ1) is 19.9. The van der Waals surface area contributed by atoms with Crippen LogP contribution in [0.3, 0.4) is 0 Å². The summed E-state index contributed by atoms with van der Waals surface area (Å²) in [7, 11) is 1.36. The molecule has 3 aromatic rings. The third-order valence-corrected chi connectivity index (χ3v) is 6.13. The van der Waals surface area contributed by atoms with Crippen molar-refractivity contribution in [1.29, 1.82) is 0 Å². The second-order valence-corrected chi connectivity index (χ2v) is 8.57. The van der Waals surface area contributed by atoms with Crippen LogP contribution in [0.2, 0.25) is 0 Å². The second-order valence-electron chi connectivity index (χ2n) is 6.41. The number of benzene rings is 2. The molecule has 0 amide bonds. The fourth-order valence-electron chi connectivity index (χ4n) is 2.79. The first-order valence-corrected chi connectivity index (χ1v) is 10.1. The van der Waals surface area contributed by atoms with Crippen LogP contribution in [0.15, 0.2) is 59.6 Å². The van der Waals surface area contributed by atoms with Crippen LogP contribution in [0.1, 0.15) is 10.4 Å². The van der Waals surface area contributed by atoms with Crippen LogP contribution in [-0.4, -0.2) is 50.6 Å². The van der Waals surface area contributed by atoms with Crippen molar-refractivity contribution in [1.82, 2.24) is 8.87 Å². The Morgan fingerprint density at radius 3 is 2.39 bits per heavy atom. The molecular formula is C20H22N2O5S. The fraction of sp³-hybridized carbons (Fsp3) is 0.250. The molecule has 3 rings (SSSR count). The molecule has 0 aliphatic rings. The number of ether oxygens (including phenoxy) is 2. The summed E-state index contributed by atoms with van der Waals surface area (Å²) in [6, 6.07) is 13.7. The molecule has 8 heteroatoms. The predicted molar refractivity (Wildman–Crippen MR) is 106 cm³/mol. The molecule has 0 N–H and O–H groups in total. The normalized spacial score (nSPS) is 11.7. The van der Waals surface area contributed by atoms with Gasteiger partial charge in [0.05, 0.1) is 10.5 Å². The van der Waals surface area contributed by atoms with E-state index in [0.29, 0.717) is 11.3 Å². The molecule has 7 nitrogen and oxygen atoms in total. The van der Waals surface area contributed by atoms with Gasteiger partial charge in [-0.2, -0.15) is 0 Å². The van der Waals surface area contributed by atoms with E-state index < -0.39 is 16.0 Å². The number of aryl methyl sites for hydroxylation is 1. The highest BCUT2D eigenvalue weighted by molar-refractivity contribution is 7.89. The van der Waals surface area contributed by atoms with Crippen LogP contribution in [0, 0.1) is 0 Å². The lowest BCUT2D eigenvalue weighted by atomic mass is 10.2. The number of hydrogen-bond acceptors (Lipinski definition) is 5. The topological polar surface area (TPSA) is 77.8 Å². The largest absolute Gasteiger partial charge is 0.490 e. The maximum Gasteiger partial charge on any atom is 0.340 e. The molecule has 148 valence electrons. The average Bonchev–Trinajstić information content (AvgIpc) is 3.02. The first-order chi connectivity index (χ1) is 13.3. The Morgan fingerprint density at radius 1 is 1.04 bits per heavy atom. The van der Waals surface area contributed by atoms with Gasteiger partial charge in [0.25, 0.3) is 0 Å². The monoisotopic (exact) mass is 402 g/mol. The number of rotatable bonds is 7. The van der Waals surface area contributed by atoms with Crippen molar-refractivity contribution in [2.45, 2.75) is 4.90 Å². The highest BCUT2D eigenvalue weighted by atomic mass is 32.2. The Balaban J connectivity index is 1.55. The van der Waals surface area contributed by atoms with Gasteiger partial charge >= 0.3 is 5.97 Å². The molecule has 0 fully saturated rings. The van der Waals surface area contributed by atoms with E-state index >= 15 is 0 Å². The van der Waals surface area contributed by atoms with Crippen molar-refractivity contribution < 1.29 is 22.7 Å². The summed E-state index contributed by atoms with van der Waals surface area (Å²) in [4.78, 5) is 12.5. The van der Waals surface area contributed by atoms with Crippen molar-refractivity contribution in [2.24, 2.45) is 7.05 Å². The molecule has 0 spiro atoms. The zero-order valence-electron chi connectivity index (χ0n) is 16.0. The van der Waals surface area contributed by atoms with Gasteiger partial charge in [0.1, 0.15) is 19.0 Å². The highest BCUT2D eigenvalue weighted by Crippen LogP contribution is 2.21. The lowest BCUT2D eigenvalue weighted by molar-refractivity contribution is 0.0452. The summed E-state index contributed by atoms with van der Waals surface area (Å²) in [6.45, 7) is 0.246. The third kappa shape index (κ3) is 4.02. The number of nitrogens with zero attached hydrogens (tertiary/aromatic N) is 2. The van der Waals surface area contributed by atoms with Crippen molar-refractivity contribution in [2.75, 3.05) is 27.3 Å². The summed E-state index contributed by atoms with van der Waals surface area (Å²) in [5.41, 5.74) is 1.47. The first-order valence-electron chi connectivity index (χ1n) is 8.67. The van der Waals surface area contributed by atoms with Crippen molar-refractivity contribution >= 4 is 26.9 Å². The Labute approximate surface area is 164 Å². The summed E-state index contributed by atoms with van der Waals surface area (Å²) in [5.74, 6) is 0.0896. The molecule has 0 aliphatic carbocycles. The molecule has 0 saturated carbocycles. The Kier molecular flexibility index (Phi) is 5.71. The Hall–Kier alpha value is -2.84. The zero-order chi connectivity index (χ0) is 20.3. The smallest absolute Gasteiger partial charge is 0.340 e. The molecule has 28 heavy (non-hydrogen) atoms. The van der Waals surface area contributed by atoms with Crippen LogP contribution in [0.4, 0.5) is 0 Å². The summed E-state index contributed by atoms with van der Waals surface area (Å²) in [5, 5.41) is 0.841. The van der Waals surface area contributed by atoms with Gasteiger partial charge in [-0.1, -0.05) is 18.2 Å². The SMILES string of the molecule is CN(C)S(=O)(=O)c1ccc(OCCOC(=O)c2cn(C)c3ccccc23)cc1. The molecule has 0 atom stereocenters. The van der Waals surface area contributed by atoms with E-state index in [1.54, 1.807) is 18.3 Å². The molecule has 1 aromatic heterocycles. The van der Waals surface area contributed by atoms with Gasteiger partial charge in [-0.25, -0.2) is 17.5 Å². The van der Waals surface area contributed by atoms with Crippen LogP contribution in [-0.2, 0) is 21.8 Å². The molecule has 1 heterocycles. The number of aromatic nitrogens is 1. The molecule has 0 saturated heterocycles. The van der Waals surface area contributed by atoms with Crippen molar-refractivity contribution in [3.8, 4) is 5.75 Å². The summed E-state index contributed by atoms with van der Waals surface area (Å²) < 4.78 is 37.9. The molecule has 0 aliphatic heterocycles. The lowest BCUT2D eigenvalue weighted by Crippen LogP contribution is -2.22. The number of carbonyl (C=O) groups is 1. The third-order valence-electron chi connectivity index (χ3n) is 4.30. The number of hydrogen-bond donors (Lipinski definition) is 0. The molecular weight excluding hydrogens is 380 g/mol. The second kappa shape index (κ2) is 8.04. The van der Waals surface area contributed by atoms with Crippen molar-refractivity contribution in [3.63, 3.8) is 0 Å². The summed E-state index contributed by atoms with van der Waals surface area (Å²) >= 11 is 0. The maximum atomic E-state index is 12.3. The predicted octanol–water partition coefficient (Wildman–Crippen LogP) is 2.66. The number of para-hydroxylation sites is 1. The van der Waals surface area contributed by atoms with Gasteiger partial charge < -0.3 is 14.0 Å². The van der Waals surface area contributed by atoms with Gasteiger partial charge in [0.2, 0.25) is 10.0 Å². The molecule has 2 aromatic carbocycles. The fourth-order valence-corrected chi connectivity index (χ4v) is 3.70. The number of carbonyl (C=O) groups excluding carboxylic acids is 1. The standard InChI is InChI=1S/C20H22N2O5S/c1-21(2)28(24,25)16-10-8-15(9-11-16)26-12-13-27-20(23)18-14-22(3)19-7-5-4-6-17(18)19/h4-11,14H,12-13H2,1-3H3. The van der Waals surface area contributed by atoms with E-state index in [2.05, 4.69) is 0 Å². The minimum absolute atomic E-state index is 0.0831. The zero-order valence-corrected chi connectivity index (χ0v) is 16.8. The van der Waals surface area contributed by atoms with Gasteiger partial charge in [-0.3, -0.25) is 0 Å². The van der Waals surface area contributed by atoms with E-state index in [1.807, 2.05) is 35.9 Å². The quantitative estimate of drug-likeness (QED) is 0.449. The van der Waals surface area contributed by atoms with E-state index in [1.165, 1.54) is 26.2 Å². The number of fused-ring (bicyclic) bond motifs is 1. The van der Waals surface area contributed by atoms with Crippen LogP contribution in [0.25, 0.3) is 10.9 Å². The molecule has 0 bridgehead atoms. The van der Waals surface area contributed by atoms with E-state index in [4.69, 9.17) is 9.47 Å². The van der Waals surface area contributed by atoms with E-state index in [9.17, 15) is 13.2 Å². The van der Waals surface area contributed by atoms with Crippen LogP contribution < -0.4 is 4.74 Å². The highest BCUT2D eigenvalue weighted by Gasteiger charge is 2.17. The van der Waals surface area contributed by atoms with Crippen LogP contribution >= 0.6 is 0 Å². The molecule has 0 unspecified atom stereocenters. The minimum atomic E-state index is -3.47. The van der Waals surface area contributed by atoms with Gasteiger partial charge in [0.15, 0.2) is 0 Å². The van der Waals surface area contributed by atoms with E-state index in [0.717, 1.165) is 15.2 Å². The Morgan fingerprint density at radius 2 is 1.71 bits per heavy atom. The lowest BCUT2D eigenvalue weighted by Gasteiger charge is -2.12. The van der Waals surface area contributed by atoms with Crippen LogP contribution in [0.5, 0.6) is 5.75 Å². The van der Waals surface area contributed by atoms with E-state index in [-0.39, 0.29) is 18.1 Å². The summed E-state index contributed by atoms with van der Waals surface area (Å²) in [6.07, 6.45) is 1.75. The van der Waals surface area contributed by atoms with Gasteiger partial charge in [0, 0.05) is 38.2 Å². The van der Waals surface area contributed by atoms with Gasteiger partial charge in [-0.05, 0) is 30.3 Å². The van der Waals surface area contributed by atoms with Crippen molar-refractivity contribution in [3.05, 3.63) is 60.3 Å². The maximum absolute atomic E-state index is 12.3. The minimum Gasteiger partial charge on any atom is -0.490 e.